The molecule has 2 rings (SSSR count). The fourth-order valence-electron chi connectivity index (χ4n) is 2.77. The number of nitrogens with one attached hydrogen (secondary N) is 2. The molecule has 1 aromatic carbocycles. The lowest BCUT2D eigenvalue weighted by atomic mass is 9.95. The number of methoxy groups -OCH3 is 1. The van der Waals surface area contributed by atoms with Crippen LogP contribution < -0.4 is 15.4 Å². The predicted octanol–water partition coefficient (Wildman–Crippen LogP) is 2.26. The Kier molecular flexibility index (Phi) is 4.65. The molecule has 1 amide bonds. The van der Waals surface area contributed by atoms with Crippen LogP contribution in [0.1, 0.15) is 42.6 Å². The predicted molar refractivity (Wildman–Crippen MR) is 80.3 cm³/mol. The van der Waals surface area contributed by atoms with E-state index in [1.807, 2.05) is 25.1 Å². The summed E-state index contributed by atoms with van der Waals surface area (Å²) in [6, 6.07) is 6.64. The molecule has 1 aliphatic heterocycles. The van der Waals surface area contributed by atoms with Crippen molar-refractivity contribution in [3.63, 3.8) is 0 Å². The van der Waals surface area contributed by atoms with Gasteiger partial charge in [0.25, 0.3) is 5.91 Å². The molecule has 4 nitrogen and oxygen atoms in total. The van der Waals surface area contributed by atoms with E-state index in [2.05, 4.69) is 24.5 Å². The van der Waals surface area contributed by atoms with Gasteiger partial charge in [-0.2, -0.15) is 0 Å². The topological polar surface area (TPSA) is 50.4 Å². The number of amides is 1. The van der Waals surface area contributed by atoms with Crippen LogP contribution in [0.25, 0.3) is 0 Å². The van der Waals surface area contributed by atoms with Gasteiger partial charge in [0.1, 0.15) is 5.75 Å². The molecule has 1 saturated heterocycles. The quantitative estimate of drug-likeness (QED) is 0.890. The average molecular weight is 276 g/mol. The van der Waals surface area contributed by atoms with Crippen LogP contribution in [0.2, 0.25) is 0 Å². The van der Waals surface area contributed by atoms with Crippen molar-refractivity contribution in [2.45, 2.75) is 51.7 Å². The van der Waals surface area contributed by atoms with Crippen molar-refractivity contribution in [2.75, 3.05) is 7.11 Å². The molecule has 0 saturated carbocycles. The zero-order valence-corrected chi connectivity index (χ0v) is 12.7. The Labute approximate surface area is 120 Å². The number of hydrogen-bond acceptors (Lipinski definition) is 3. The summed E-state index contributed by atoms with van der Waals surface area (Å²) in [6.07, 6.45) is 2.09. The number of hydrogen-bond donors (Lipinski definition) is 2. The lowest BCUT2D eigenvalue weighted by Gasteiger charge is -2.34. The van der Waals surface area contributed by atoms with E-state index >= 15 is 0 Å². The van der Waals surface area contributed by atoms with Crippen molar-refractivity contribution in [2.24, 2.45) is 0 Å². The highest BCUT2D eigenvalue weighted by molar-refractivity contribution is 5.97. The van der Waals surface area contributed by atoms with Gasteiger partial charge in [0.15, 0.2) is 0 Å². The Hall–Kier alpha value is -1.55. The number of ether oxygens (including phenoxy) is 1. The zero-order valence-electron chi connectivity index (χ0n) is 12.7. The van der Waals surface area contributed by atoms with Gasteiger partial charge in [-0.3, -0.25) is 4.79 Å². The molecule has 4 heteroatoms. The van der Waals surface area contributed by atoms with Crippen LogP contribution in [0, 0.1) is 6.92 Å². The number of piperidine rings is 1. The second-order valence-electron chi connectivity index (χ2n) is 5.72. The smallest absolute Gasteiger partial charge is 0.255 e. The number of benzene rings is 1. The second kappa shape index (κ2) is 6.27. The van der Waals surface area contributed by atoms with E-state index in [1.165, 1.54) is 0 Å². The third-order valence-corrected chi connectivity index (χ3v) is 3.98. The van der Waals surface area contributed by atoms with Crippen LogP contribution in [0.4, 0.5) is 0 Å². The summed E-state index contributed by atoms with van der Waals surface area (Å²) in [5, 5.41) is 6.61. The van der Waals surface area contributed by atoms with Crippen LogP contribution in [-0.2, 0) is 0 Å². The van der Waals surface area contributed by atoms with E-state index in [0.717, 1.165) is 18.4 Å². The fourth-order valence-corrected chi connectivity index (χ4v) is 2.77. The van der Waals surface area contributed by atoms with Gasteiger partial charge in [0.05, 0.1) is 12.7 Å². The minimum absolute atomic E-state index is 0.0567. The minimum atomic E-state index is -0.0567. The third-order valence-electron chi connectivity index (χ3n) is 3.98. The van der Waals surface area contributed by atoms with Gasteiger partial charge in [-0.1, -0.05) is 11.6 Å². The Bertz CT molecular complexity index is 487. The highest BCUT2D eigenvalue weighted by Gasteiger charge is 2.26. The van der Waals surface area contributed by atoms with E-state index in [4.69, 9.17) is 4.74 Å². The van der Waals surface area contributed by atoms with E-state index in [9.17, 15) is 4.79 Å². The first-order chi connectivity index (χ1) is 9.51. The van der Waals surface area contributed by atoms with E-state index < -0.39 is 0 Å². The van der Waals surface area contributed by atoms with Crippen LogP contribution >= 0.6 is 0 Å². The van der Waals surface area contributed by atoms with Crippen LogP contribution in [0.5, 0.6) is 5.75 Å². The molecule has 0 aromatic heterocycles. The first-order valence-electron chi connectivity index (χ1n) is 7.23. The Morgan fingerprint density at radius 2 is 2.10 bits per heavy atom. The van der Waals surface area contributed by atoms with Crippen LogP contribution in [0.15, 0.2) is 18.2 Å². The summed E-state index contributed by atoms with van der Waals surface area (Å²) >= 11 is 0. The van der Waals surface area contributed by atoms with E-state index in [-0.39, 0.29) is 11.9 Å². The van der Waals surface area contributed by atoms with Crippen molar-refractivity contribution >= 4 is 5.91 Å². The standard InChI is InChI=1S/C16H24N2O2/c1-10-5-8-15(20-4)13(9-10)16(19)18-14-7-6-11(2)17-12(14)3/h5,8-9,11-12,14,17H,6-7H2,1-4H3,(H,18,19). The second-order valence-corrected chi connectivity index (χ2v) is 5.72. The zero-order chi connectivity index (χ0) is 14.7. The molecule has 110 valence electrons. The molecule has 20 heavy (non-hydrogen) atoms. The molecule has 0 bridgehead atoms. The summed E-state index contributed by atoms with van der Waals surface area (Å²) in [7, 11) is 1.59. The van der Waals surface area contributed by atoms with Crippen molar-refractivity contribution < 1.29 is 9.53 Å². The van der Waals surface area contributed by atoms with Gasteiger partial charge >= 0.3 is 0 Å². The van der Waals surface area contributed by atoms with Crippen molar-refractivity contribution in [3.8, 4) is 5.75 Å². The Morgan fingerprint density at radius 3 is 2.75 bits per heavy atom. The molecule has 1 heterocycles. The molecule has 0 radical (unpaired) electrons. The Balaban J connectivity index is 2.10. The summed E-state index contributed by atoms with van der Waals surface area (Å²) in [4.78, 5) is 12.5. The van der Waals surface area contributed by atoms with Gasteiger partial charge in [0, 0.05) is 18.1 Å². The van der Waals surface area contributed by atoms with Crippen LogP contribution in [0.3, 0.4) is 0 Å². The molecular formula is C16H24N2O2. The number of aryl methyl sites for hydroxylation is 1. The first-order valence-corrected chi connectivity index (χ1v) is 7.23. The third kappa shape index (κ3) is 3.31. The van der Waals surface area contributed by atoms with Gasteiger partial charge in [-0.25, -0.2) is 0 Å². The van der Waals surface area contributed by atoms with Crippen LogP contribution in [-0.4, -0.2) is 31.1 Å². The highest BCUT2D eigenvalue weighted by Crippen LogP contribution is 2.21. The minimum Gasteiger partial charge on any atom is -0.496 e. The molecule has 1 fully saturated rings. The monoisotopic (exact) mass is 276 g/mol. The van der Waals surface area contributed by atoms with Crippen molar-refractivity contribution in [1.29, 1.82) is 0 Å². The first kappa shape index (κ1) is 14.9. The summed E-state index contributed by atoms with van der Waals surface area (Å²) in [6.45, 7) is 6.27. The lowest BCUT2D eigenvalue weighted by Crippen LogP contribution is -2.54. The molecule has 3 atom stereocenters. The van der Waals surface area contributed by atoms with Gasteiger partial charge < -0.3 is 15.4 Å². The molecular weight excluding hydrogens is 252 g/mol. The molecule has 1 aliphatic rings. The highest BCUT2D eigenvalue weighted by atomic mass is 16.5. The van der Waals surface area contributed by atoms with Gasteiger partial charge in [-0.05, 0) is 45.7 Å². The maximum Gasteiger partial charge on any atom is 0.255 e. The number of carbonyl (C=O) groups excluding carboxylic acids is 1. The summed E-state index contributed by atoms with van der Waals surface area (Å²) < 4.78 is 5.28. The fraction of sp³-hybridized carbons (Fsp3) is 0.562. The molecule has 1 aromatic rings. The lowest BCUT2D eigenvalue weighted by molar-refractivity contribution is 0.0911. The summed E-state index contributed by atoms with van der Waals surface area (Å²) in [5.41, 5.74) is 1.66. The molecule has 2 N–H and O–H groups in total. The number of rotatable bonds is 3. The maximum absolute atomic E-state index is 12.5. The molecule has 0 aliphatic carbocycles. The van der Waals surface area contributed by atoms with Gasteiger partial charge in [0.2, 0.25) is 0 Å². The van der Waals surface area contributed by atoms with Gasteiger partial charge in [-0.15, -0.1) is 0 Å². The normalized spacial score (nSPS) is 26.1. The largest absolute Gasteiger partial charge is 0.496 e. The Morgan fingerprint density at radius 1 is 1.35 bits per heavy atom. The van der Waals surface area contributed by atoms with Crippen molar-refractivity contribution in [3.05, 3.63) is 29.3 Å². The maximum atomic E-state index is 12.5. The molecule has 0 spiro atoms. The van der Waals surface area contributed by atoms with E-state index in [0.29, 0.717) is 23.4 Å². The number of carbonyl (C=O) groups is 1. The van der Waals surface area contributed by atoms with E-state index in [1.54, 1.807) is 7.11 Å². The SMILES string of the molecule is COc1ccc(C)cc1C(=O)NC1CCC(C)NC1C. The molecule has 3 unspecified atom stereocenters. The average Bonchev–Trinajstić information content (AvgIpc) is 2.41. The summed E-state index contributed by atoms with van der Waals surface area (Å²) in [5.74, 6) is 0.566. The van der Waals surface area contributed by atoms with Crippen molar-refractivity contribution in [1.82, 2.24) is 10.6 Å².